The molecule has 0 atom stereocenters. The predicted molar refractivity (Wildman–Crippen MR) is 156 cm³/mol. The summed E-state index contributed by atoms with van der Waals surface area (Å²) in [5, 5.41) is 14.8. The molecule has 0 aliphatic heterocycles. The van der Waals surface area contributed by atoms with Gasteiger partial charge in [0.05, 0.1) is 18.4 Å². The fourth-order valence-corrected chi connectivity index (χ4v) is 4.27. The topological polar surface area (TPSA) is 106 Å². The normalized spacial score (nSPS) is 11.4. The molecule has 0 aliphatic carbocycles. The van der Waals surface area contributed by atoms with E-state index in [0.29, 0.717) is 22.6 Å². The average molecular weight is 595 g/mol. The molecule has 8 nitrogen and oxygen atoms in total. The van der Waals surface area contributed by atoms with Gasteiger partial charge in [-0.2, -0.15) is 0 Å². The number of carbonyl (C=O) groups is 2. The van der Waals surface area contributed by atoms with E-state index in [9.17, 15) is 27.9 Å². The van der Waals surface area contributed by atoms with Crippen LogP contribution >= 0.6 is 0 Å². The van der Waals surface area contributed by atoms with Gasteiger partial charge in [-0.15, -0.1) is 13.2 Å². The van der Waals surface area contributed by atoms with Crippen molar-refractivity contribution in [3.63, 3.8) is 0 Å². The van der Waals surface area contributed by atoms with Crippen molar-refractivity contribution >= 4 is 23.4 Å². The first kappa shape index (κ1) is 30.8. The van der Waals surface area contributed by atoms with E-state index in [2.05, 4.69) is 15.4 Å². The highest BCUT2D eigenvalue weighted by Crippen LogP contribution is 2.40. The van der Waals surface area contributed by atoms with Crippen LogP contribution in [0, 0.1) is 0 Å². The summed E-state index contributed by atoms with van der Waals surface area (Å²) in [4.78, 5) is 24.7. The molecule has 0 radical (unpaired) electrons. The summed E-state index contributed by atoms with van der Waals surface area (Å²) in [7, 11) is 1.46. The molecule has 0 unspecified atom stereocenters. The zero-order valence-electron chi connectivity index (χ0n) is 23.7. The summed E-state index contributed by atoms with van der Waals surface area (Å²) in [6.07, 6.45) is -4.84. The monoisotopic (exact) mass is 594 g/mol. The zero-order valence-corrected chi connectivity index (χ0v) is 23.7. The van der Waals surface area contributed by atoms with Gasteiger partial charge in [0.15, 0.2) is 5.75 Å². The van der Waals surface area contributed by atoms with Gasteiger partial charge in [-0.1, -0.05) is 45.0 Å². The molecule has 0 heterocycles. The summed E-state index contributed by atoms with van der Waals surface area (Å²) in [6, 6.07) is 20.8. The number of benzene rings is 4. The lowest BCUT2D eigenvalue weighted by molar-refractivity contribution is -0.274. The van der Waals surface area contributed by atoms with Crippen molar-refractivity contribution in [1.82, 2.24) is 0 Å². The van der Waals surface area contributed by atoms with E-state index in [1.54, 1.807) is 18.2 Å². The minimum atomic E-state index is -4.84. The molecule has 0 aromatic heterocycles. The summed E-state index contributed by atoms with van der Waals surface area (Å²) in [5.41, 5.74) is 2.15. The van der Waals surface area contributed by atoms with Crippen LogP contribution in [-0.4, -0.2) is 30.6 Å². The number of methoxy groups -OCH3 is 1. The van der Waals surface area contributed by atoms with Gasteiger partial charge in [0.2, 0.25) is 0 Å². The number of para-hydroxylation sites is 1. The maximum absolute atomic E-state index is 13.0. The third-order valence-electron chi connectivity index (χ3n) is 6.25. The quantitative estimate of drug-likeness (QED) is 0.188. The van der Waals surface area contributed by atoms with Crippen LogP contribution < -0.4 is 24.8 Å². The lowest BCUT2D eigenvalue weighted by Crippen LogP contribution is -2.20. The third-order valence-corrected chi connectivity index (χ3v) is 6.25. The van der Waals surface area contributed by atoms with Crippen molar-refractivity contribution in [2.45, 2.75) is 32.5 Å². The molecular formula is C32H29F3N2O6. The molecule has 224 valence electrons. The number of rotatable bonds is 8. The van der Waals surface area contributed by atoms with Crippen molar-refractivity contribution in [3.8, 4) is 34.1 Å². The van der Waals surface area contributed by atoms with E-state index in [1.165, 1.54) is 37.4 Å². The van der Waals surface area contributed by atoms with Crippen molar-refractivity contribution in [2.24, 2.45) is 0 Å². The lowest BCUT2D eigenvalue weighted by atomic mass is 9.86. The number of nitrogens with one attached hydrogen (secondary N) is 2. The number of amides is 2. The third kappa shape index (κ3) is 7.97. The Hall–Kier alpha value is -5.19. The van der Waals surface area contributed by atoms with Crippen LogP contribution in [0.5, 0.6) is 23.0 Å². The molecule has 0 aliphatic rings. The van der Waals surface area contributed by atoms with E-state index >= 15 is 0 Å². The summed E-state index contributed by atoms with van der Waals surface area (Å²) < 4.78 is 53.1. The first-order valence-corrected chi connectivity index (χ1v) is 13.0. The molecular weight excluding hydrogens is 565 g/mol. The van der Waals surface area contributed by atoms with E-state index in [4.69, 9.17) is 9.47 Å². The first-order valence-electron chi connectivity index (χ1n) is 13.0. The number of carbonyl (C=O) groups excluding carboxylic acids is 1. The average Bonchev–Trinajstić information content (AvgIpc) is 2.93. The largest absolute Gasteiger partial charge is 0.573 e. The van der Waals surface area contributed by atoms with Crippen molar-refractivity contribution in [3.05, 3.63) is 96.1 Å². The van der Waals surface area contributed by atoms with Gasteiger partial charge in [-0.05, 0) is 71.6 Å². The van der Waals surface area contributed by atoms with Crippen LogP contribution in [-0.2, 0) is 5.41 Å². The fourth-order valence-electron chi connectivity index (χ4n) is 4.27. The van der Waals surface area contributed by atoms with Gasteiger partial charge >= 0.3 is 18.4 Å². The number of anilines is 2. The molecule has 4 aromatic rings. The zero-order chi connectivity index (χ0) is 31.4. The van der Waals surface area contributed by atoms with Crippen LogP contribution in [0.2, 0.25) is 0 Å². The van der Waals surface area contributed by atoms with Gasteiger partial charge < -0.3 is 30.0 Å². The van der Waals surface area contributed by atoms with Gasteiger partial charge in [0.1, 0.15) is 17.2 Å². The number of carboxylic acids is 1. The Balaban J connectivity index is 1.70. The molecule has 4 aromatic carbocycles. The van der Waals surface area contributed by atoms with E-state index in [0.717, 1.165) is 17.7 Å². The smallest absolute Gasteiger partial charge is 0.496 e. The second kappa shape index (κ2) is 12.4. The molecule has 0 saturated carbocycles. The second-order valence-electron chi connectivity index (χ2n) is 10.4. The van der Waals surface area contributed by atoms with Crippen LogP contribution in [0.1, 0.15) is 36.7 Å². The van der Waals surface area contributed by atoms with Crippen LogP contribution in [0.15, 0.2) is 84.9 Å². The number of halogens is 3. The SMILES string of the molecule is COc1ccc(C(=O)O)cc1-c1ccc(Oc2ccccc2C(C)(C)C)c(NC(=O)Nc2ccc(OC(F)(F)F)cc2)c1. The van der Waals surface area contributed by atoms with Gasteiger partial charge in [0.25, 0.3) is 0 Å². The Labute approximate surface area is 246 Å². The molecule has 2 amide bonds. The van der Waals surface area contributed by atoms with Crippen LogP contribution in [0.3, 0.4) is 0 Å². The standard InChI is InChI=1S/C32H29F3N2O6/c1-31(2,3)24-7-5-6-8-27(24)42-28-16-9-19(23-17-20(29(38)39)10-15-26(23)41-4)18-25(28)37-30(40)36-21-11-13-22(14-12-21)43-32(33,34)35/h5-18H,1-4H3,(H,38,39)(H2,36,37,40). The van der Waals surface area contributed by atoms with Gasteiger partial charge in [-0.3, -0.25) is 0 Å². The maximum atomic E-state index is 13.0. The Bertz CT molecular complexity index is 1630. The molecule has 4 rings (SSSR count). The highest BCUT2D eigenvalue weighted by Gasteiger charge is 2.31. The molecule has 11 heteroatoms. The number of urea groups is 1. The Morgan fingerprint density at radius 1 is 0.791 bits per heavy atom. The van der Waals surface area contributed by atoms with E-state index < -0.39 is 24.1 Å². The molecule has 0 saturated heterocycles. The highest BCUT2D eigenvalue weighted by molar-refractivity contribution is 6.01. The van der Waals surface area contributed by atoms with Crippen molar-refractivity contribution < 1.29 is 42.1 Å². The van der Waals surface area contributed by atoms with Crippen LogP contribution in [0.25, 0.3) is 11.1 Å². The summed E-state index contributed by atoms with van der Waals surface area (Å²) >= 11 is 0. The minimum absolute atomic E-state index is 0.0421. The Kier molecular flexibility index (Phi) is 8.84. The van der Waals surface area contributed by atoms with Crippen LogP contribution in [0.4, 0.5) is 29.3 Å². The molecule has 43 heavy (non-hydrogen) atoms. The molecule has 0 spiro atoms. The predicted octanol–water partition coefficient (Wildman–Crippen LogP) is 8.69. The van der Waals surface area contributed by atoms with Crippen molar-refractivity contribution in [2.75, 3.05) is 17.7 Å². The fraction of sp³-hybridized carbons (Fsp3) is 0.188. The van der Waals surface area contributed by atoms with E-state index in [-0.39, 0.29) is 28.1 Å². The molecule has 0 fully saturated rings. The first-order chi connectivity index (χ1) is 20.2. The second-order valence-corrected chi connectivity index (χ2v) is 10.4. The number of carboxylic acid groups (broad SMARTS) is 1. The maximum Gasteiger partial charge on any atom is 0.573 e. The molecule has 3 N–H and O–H groups in total. The van der Waals surface area contributed by atoms with Crippen molar-refractivity contribution in [1.29, 1.82) is 0 Å². The Morgan fingerprint density at radius 2 is 1.47 bits per heavy atom. The number of ether oxygens (including phenoxy) is 3. The highest BCUT2D eigenvalue weighted by atomic mass is 19.4. The number of hydrogen-bond donors (Lipinski definition) is 3. The van der Waals surface area contributed by atoms with Gasteiger partial charge in [-0.25, -0.2) is 9.59 Å². The number of hydrogen-bond acceptors (Lipinski definition) is 5. The summed E-state index contributed by atoms with van der Waals surface area (Å²) in [5.74, 6) is -0.285. The lowest BCUT2D eigenvalue weighted by Gasteiger charge is -2.23. The number of alkyl halides is 3. The summed E-state index contributed by atoms with van der Waals surface area (Å²) in [6.45, 7) is 6.12. The Morgan fingerprint density at radius 3 is 2.09 bits per heavy atom. The number of aromatic carboxylic acids is 1. The van der Waals surface area contributed by atoms with Gasteiger partial charge in [0, 0.05) is 16.8 Å². The molecule has 0 bridgehead atoms. The van der Waals surface area contributed by atoms with E-state index in [1.807, 2.05) is 45.0 Å². The minimum Gasteiger partial charge on any atom is -0.496 e.